The molecular formula is C43H90BrN. The minimum atomic E-state index is 0. The van der Waals surface area contributed by atoms with Crippen LogP contribution in [0.3, 0.4) is 0 Å². The molecule has 274 valence electrons. The summed E-state index contributed by atoms with van der Waals surface area (Å²) < 4.78 is 1.37. The first-order valence-electron chi connectivity index (χ1n) is 21.5. The molecule has 0 fully saturated rings. The van der Waals surface area contributed by atoms with Crippen molar-refractivity contribution in [2.45, 2.75) is 252 Å². The van der Waals surface area contributed by atoms with Crippen LogP contribution in [0.4, 0.5) is 0 Å². The lowest BCUT2D eigenvalue weighted by molar-refractivity contribution is -0.910. The standard InChI is InChI=1S/C43H90N.BrH/c1-5-8-11-14-17-20-23-26-29-32-35-38-41-44(4,42-39-36-33-30-27-24-21-18-15-12-9-6-2)43-40-37-34-31-28-25-22-19-16-13-10-7-3;/h5-43H2,1-4H3;1H/q+1;/p-1. The molecule has 0 rings (SSSR count). The highest BCUT2D eigenvalue weighted by molar-refractivity contribution is 4.54. The van der Waals surface area contributed by atoms with Crippen LogP contribution < -0.4 is 17.0 Å². The van der Waals surface area contributed by atoms with E-state index >= 15 is 0 Å². The Morgan fingerprint density at radius 2 is 0.356 bits per heavy atom. The number of hydrogen-bond acceptors (Lipinski definition) is 0. The first kappa shape index (κ1) is 47.6. The molecule has 0 spiro atoms. The van der Waals surface area contributed by atoms with Crippen molar-refractivity contribution in [3.63, 3.8) is 0 Å². The maximum atomic E-state index is 2.62. The van der Waals surface area contributed by atoms with Gasteiger partial charge in [0, 0.05) is 0 Å². The van der Waals surface area contributed by atoms with Crippen LogP contribution in [0.15, 0.2) is 0 Å². The average Bonchev–Trinajstić information content (AvgIpc) is 3.02. The predicted octanol–water partition coefficient (Wildman–Crippen LogP) is 12.5. The zero-order valence-corrected chi connectivity index (χ0v) is 34.0. The number of rotatable bonds is 39. The Bertz CT molecular complexity index is 437. The van der Waals surface area contributed by atoms with Gasteiger partial charge in [0.15, 0.2) is 0 Å². The van der Waals surface area contributed by atoms with Crippen molar-refractivity contribution in [1.82, 2.24) is 0 Å². The second-order valence-corrected chi connectivity index (χ2v) is 15.5. The van der Waals surface area contributed by atoms with Crippen LogP contribution in [0.1, 0.15) is 252 Å². The zero-order valence-electron chi connectivity index (χ0n) is 32.4. The van der Waals surface area contributed by atoms with E-state index in [1.807, 2.05) is 0 Å². The van der Waals surface area contributed by atoms with Crippen LogP contribution in [0.5, 0.6) is 0 Å². The van der Waals surface area contributed by atoms with E-state index in [0.717, 1.165) is 0 Å². The fraction of sp³-hybridized carbons (Fsp3) is 1.00. The second-order valence-electron chi connectivity index (χ2n) is 15.5. The fourth-order valence-electron chi connectivity index (χ4n) is 7.34. The van der Waals surface area contributed by atoms with Crippen LogP contribution >= 0.6 is 0 Å². The highest BCUT2D eigenvalue weighted by atomic mass is 79.9. The molecule has 0 aromatic carbocycles. The molecule has 0 heterocycles. The zero-order chi connectivity index (χ0) is 32.1. The van der Waals surface area contributed by atoms with Crippen LogP contribution in [0.2, 0.25) is 0 Å². The van der Waals surface area contributed by atoms with Gasteiger partial charge in [-0.2, -0.15) is 0 Å². The Balaban J connectivity index is 0. The molecule has 0 aromatic rings. The number of unbranched alkanes of at least 4 members (excludes halogenated alkanes) is 33. The highest BCUT2D eigenvalue weighted by Gasteiger charge is 2.20. The SMILES string of the molecule is CCCCCCCCCCCCCC[N+](C)(CCCCCCCCCCCCCC)CCCCCCCCCCCCCC.[Br-]. The molecule has 0 radical (unpaired) electrons. The maximum Gasteiger partial charge on any atom is 0.0784 e. The molecule has 0 saturated carbocycles. The van der Waals surface area contributed by atoms with E-state index in [2.05, 4.69) is 27.8 Å². The van der Waals surface area contributed by atoms with Gasteiger partial charge in [-0.15, -0.1) is 0 Å². The van der Waals surface area contributed by atoms with Crippen molar-refractivity contribution >= 4 is 0 Å². The number of quaternary nitrogens is 1. The minimum Gasteiger partial charge on any atom is -1.00 e. The van der Waals surface area contributed by atoms with Crippen molar-refractivity contribution in [2.24, 2.45) is 0 Å². The Morgan fingerprint density at radius 3 is 0.511 bits per heavy atom. The largest absolute Gasteiger partial charge is 1.00 e. The molecule has 2 heteroatoms. The monoisotopic (exact) mass is 700 g/mol. The molecule has 45 heavy (non-hydrogen) atoms. The topological polar surface area (TPSA) is 0 Å². The molecular weight excluding hydrogens is 610 g/mol. The van der Waals surface area contributed by atoms with Crippen molar-refractivity contribution in [1.29, 1.82) is 0 Å². The van der Waals surface area contributed by atoms with Crippen molar-refractivity contribution in [3.05, 3.63) is 0 Å². The number of hydrogen-bond donors (Lipinski definition) is 0. The molecule has 0 aliphatic rings. The Morgan fingerprint density at radius 1 is 0.222 bits per heavy atom. The van der Waals surface area contributed by atoms with Gasteiger partial charge in [0.05, 0.1) is 26.7 Å². The second kappa shape index (κ2) is 40.6. The van der Waals surface area contributed by atoms with Gasteiger partial charge in [-0.25, -0.2) is 0 Å². The summed E-state index contributed by atoms with van der Waals surface area (Å²) in [6, 6.07) is 0. The van der Waals surface area contributed by atoms with Crippen molar-refractivity contribution < 1.29 is 21.5 Å². The first-order valence-corrected chi connectivity index (χ1v) is 21.5. The van der Waals surface area contributed by atoms with Gasteiger partial charge in [-0.1, -0.05) is 213 Å². The van der Waals surface area contributed by atoms with E-state index in [4.69, 9.17) is 0 Å². The van der Waals surface area contributed by atoms with Gasteiger partial charge < -0.3 is 21.5 Å². The molecule has 0 aliphatic heterocycles. The third-order valence-corrected chi connectivity index (χ3v) is 10.7. The van der Waals surface area contributed by atoms with Crippen LogP contribution in [0, 0.1) is 0 Å². The Kier molecular flexibility index (Phi) is 42.9. The van der Waals surface area contributed by atoms with Gasteiger partial charge in [-0.05, 0) is 38.5 Å². The summed E-state index contributed by atoms with van der Waals surface area (Å²) in [6.45, 7) is 11.3. The smallest absolute Gasteiger partial charge is 0.0784 e. The maximum absolute atomic E-state index is 2.62. The predicted molar refractivity (Wildman–Crippen MR) is 204 cm³/mol. The van der Waals surface area contributed by atoms with Gasteiger partial charge in [0.1, 0.15) is 0 Å². The molecule has 0 aliphatic carbocycles. The Labute approximate surface area is 299 Å². The van der Waals surface area contributed by atoms with Crippen LogP contribution in [0.25, 0.3) is 0 Å². The van der Waals surface area contributed by atoms with E-state index < -0.39 is 0 Å². The van der Waals surface area contributed by atoms with Crippen molar-refractivity contribution in [2.75, 3.05) is 26.7 Å². The fourth-order valence-corrected chi connectivity index (χ4v) is 7.34. The normalized spacial score (nSPS) is 11.7. The number of halogens is 1. The molecule has 0 saturated heterocycles. The first-order chi connectivity index (χ1) is 21.7. The molecule has 0 amide bonds. The Hall–Kier alpha value is 0.440. The van der Waals surface area contributed by atoms with Gasteiger partial charge in [0.25, 0.3) is 0 Å². The van der Waals surface area contributed by atoms with Gasteiger partial charge in [0.2, 0.25) is 0 Å². The van der Waals surface area contributed by atoms with E-state index in [9.17, 15) is 0 Å². The lowest BCUT2D eigenvalue weighted by atomic mass is 10.0. The molecule has 0 bridgehead atoms. The van der Waals surface area contributed by atoms with Gasteiger partial charge >= 0.3 is 0 Å². The summed E-state index contributed by atoms with van der Waals surface area (Å²) in [5.41, 5.74) is 0. The average molecular weight is 701 g/mol. The highest BCUT2D eigenvalue weighted by Crippen LogP contribution is 2.18. The molecule has 0 atom stereocenters. The van der Waals surface area contributed by atoms with E-state index in [1.54, 1.807) is 0 Å². The van der Waals surface area contributed by atoms with Crippen LogP contribution in [-0.4, -0.2) is 31.2 Å². The van der Waals surface area contributed by atoms with E-state index in [-0.39, 0.29) is 17.0 Å². The lowest BCUT2D eigenvalue weighted by Gasteiger charge is -2.35. The molecule has 0 N–H and O–H groups in total. The quantitative estimate of drug-likeness (QED) is 0.0442. The molecule has 0 unspecified atom stereocenters. The van der Waals surface area contributed by atoms with E-state index in [1.165, 1.54) is 255 Å². The van der Waals surface area contributed by atoms with Gasteiger partial charge in [-0.3, -0.25) is 0 Å². The lowest BCUT2D eigenvalue weighted by Crippen LogP contribution is -3.00. The summed E-state index contributed by atoms with van der Waals surface area (Å²) in [5, 5.41) is 0. The molecule has 0 aromatic heterocycles. The number of nitrogens with zero attached hydrogens (tertiary/aromatic N) is 1. The van der Waals surface area contributed by atoms with Crippen LogP contribution in [-0.2, 0) is 0 Å². The summed E-state index contributed by atoms with van der Waals surface area (Å²) >= 11 is 0. The van der Waals surface area contributed by atoms with E-state index in [0.29, 0.717) is 0 Å². The third-order valence-electron chi connectivity index (χ3n) is 10.7. The van der Waals surface area contributed by atoms with Crippen molar-refractivity contribution in [3.8, 4) is 0 Å². The minimum absolute atomic E-state index is 0. The summed E-state index contributed by atoms with van der Waals surface area (Å²) in [5.74, 6) is 0. The summed E-state index contributed by atoms with van der Waals surface area (Å²) in [7, 11) is 2.62. The third kappa shape index (κ3) is 38.8. The summed E-state index contributed by atoms with van der Waals surface area (Å²) in [6.07, 6.45) is 52.7. The molecule has 1 nitrogen and oxygen atoms in total. The summed E-state index contributed by atoms with van der Waals surface area (Å²) in [4.78, 5) is 0.